The molecule has 10 N–H and O–H groups in total. The molecule has 160 valence electrons. The van der Waals surface area contributed by atoms with Crippen molar-refractivity contribution >= 4 is 45.4 Å². The number of carbonyl (C=O) groups is 1. The Kier molecular flexibility index (Phi) is 3.50. The maximum atomic E-state index is 13.6. The summed E-state index contributed by atoms with van der Waals surface area (Å²) in [4.78, 5) is 27.2. The second-order valence-corrected chi connectivity index (χ2v) is 9.92. The van der Waals surface area contributed by atoms with Crippen molar-refractivity contribution in [1.82, 2.24) is 20.5 Å². The molecule has 1 amide bonds. The van der Waals surface area contributed by atoms with Crippen LogP contribution in [0.2, 0.25) is 0 Å². The molecule has 4 aliphatic heterocycles. The third-order valence-corrected chi connectivity index (χ3v) is 8.90. The summed E-state index contributed by atoms with van der Waals surface area (Å²) in [6.07, 6.45) is 0.523. The van der Waals surface area contributed by atoms with Gasteiger partial charge in [-0.05, 0) is 34.3 Å². The number of fused-ring (bicyclic) bond motifs is 4. The molecule has 2 spiro atoms. The van der Waals surface area contributed by atoms with E-state index in [0.717, 1.165) is 10.0 Å². The molecule has 1 aliphatic carbocycles. The first kappa shape index (κ1) is 18.7. The van der Waals surface area contributed by atoms with E-state index in [-0.39, 0.29) is 29.7 Å². The Morgan fingerprint density at radius 2 is 2.07 bits per heavy atom. The van der Waals surface area contributed by atoms with Gasteiger partial charge in [-0.1, -0.05) is 0 Å². The van der Waals surface area contributed by atoms with Gasteiger partial charge in [0.1, 0.15) is 22.9 Å². The number of aromatic amines is 1. The summed E-state index contributed by atoms with van der Waals surface area (Å²) < 4.78 is 0.735. The van der Waals surface area contributed by atoms with E-state index < -0.39 is 34.8 Å². The van der Waals surface area contributed by atoms with Gasteiger partial charge in [0.05, 0.1) is 5.38 Å². The molecular formula is C17H21BrClN9O2. The van der Waals surface area contributed by atoms with E-state index in [1.54, 1.807) is 11.1 Å². The number of nitrogens with zero attached hydrogens (tertiary/aromatic N) is 3. The molecule has 1 saturated heterocycles. The molecule has 11 nitrogen and oxygen atoms in total. The van der Waals surface area contributed by atoms with E-state index in [4.69, 9.17) is 28.8 Å². The predicted molar refractivity (Wildman–Crippen MR) is 112 cm³/mol. The Morgan fingerprint density at radius 3 is 2.73 bits per heavy atom. The summed E-state index contributed by atoms with van der Waals surface area (Å²) in [5.41, 5.74) is 17.3. The minimum atomic E-state index is -1.20. The van der Waals surface area contributed by atoms with Crippen LogP contribution in [0.5, 0.6) is 0 Å². The molecule has 0 aromatic carbocycles. The van der Waals surface area contributed by atoms with Gasteiger partial charge in [0.15, 0.2) is 18.1 Å². The molecule has 0 unspecified atom stereocenters. The maximum Gasteiger partial charge on any atom is 0.272 e. The number of H-pyrrole nitrogens is 1. The zero-order valence-corrected chi connectivity index (χ0v) is 18.0. The number of alkyl halides is 1. The fraction of sp³-hybridized carbons (Fsp3) is 0.588. The molecule has 13 heteroatoms. The van der Waals surface area contributed by atoms with E-state index >= 15 is 0 Å². The minimum Gasteiger partial charge on any atom is -0.370 e. The van der Waals surface area contributed by atoms with Crippen molar-refractivity contribution < 1.29 is 9.90 Å². The molecule has 5 heterocycles. The van der Waals surface area contributed by atoms with Gasteiger partial charge in [0.2, 0.25) is 0 Å². The standard InChI is InChI=1S/C17H21BrClN9O2/c18-6-2-23-8-7(6)11-17(27-14(21)24-11)9-5(3-28(17)12(8)29)4(1-20)10(19)16(9)13(30)25-15(22)26-16/h2,4-5,9-11,13,23,30H,1,3,20H2,(H3,21,24,27)(H3,22,25,26)/t4-,5+,9+,10-,11+,13+,16+,17-/m0/s1. The predicted octanol–water partition coefficient (Wildman–Crippen LogP) is -1.69. The van der Waals surface area contributed by atoms with Crippen LogP contribution in [0.3, 0.4) is 0 Å². The quantitative estimate of drug-likeness (QED) is 0.225. The van der Waals surface area contributed by atoms with Gasteiger partial charge in [-0.15, -0.1) is 11.6 Å². The van der Waals surface area contributed by atoms with E-state index in [1.165, 1.54) is 0 Å². The van der Waals surface area contributed by atoms with Crippen molar-refractivity contribution in [1.29, 1.82) is 0 Å². The summed E-state index contributed by atoms with van der Waals surface area (Å²) in [6, 6.07) is -0.506. The van der Waals surface area contributed by atoms with E-state index in [1.807, 2.05) is 0 Å². The Bertz CT molecular complexity index is 1040. The maximum absolute atomic E-state index is 13.6. The zero-order chi connectivity index (χ0) is 21.2. The van der Waals surface area contributed by atoms with Crippen molar-refractivity contribution in [3.8, 4) is 0 Å². The minimum absolute atomic E-state index is 0.105. The van der Waals surface area contributed by atoms with Gasteiger partial charge in [0, 0.05) is 28.7 Å². The Morgan fingerprint density at radius 1 is 1.33 bits per heavy atom. The van der Waals surface area contributed by atoms with Crippen LogP contribution in [0, 0.1) is 17.8 Å². The molecule has 2 fully saturated rings. The fourth-order valence-electron chi connectivity index (χ4n) is 6.64. The van der Waals surface area contributed by atoms with Crippen molar-refractivity contribution in [2.75, 3.05) is 13.1 Å². The largest absolute Gasteiger partial charge is 0.370 e. The highest BCUT2D eigenvalue weighted by atomic mass is 79.9. The number of nitrogens with two attached hydrogens (primary N) is 3. The SMILES string of the molecule is NC[C@H]1[C@H]2CN3C(=O)c4[nH]cc(Br)c4[C@H]4N=C(N)N[C@]43[C@H]2[C@@]2(NC(N)=N[C@@H]2O)[C@H]1Cl. The fourth-order valence-corrected chi connectivity index (χ4v) is 7.76. The first-order chi connectivity index (χ1) is 14.3. The Hall–Kier alpha value is -2.02. The number of rotatable bonds is 1. The number of amides is 1. The number of hydrogen-bond acceptors (Lipinski definition) is 9. The zero-order valence-electron chi connectivity index (χ0n) is 15.6. The number of aliphatic imine (C=N–C) groups is 2. The number of halogens is 2. The number of hydrogen-bond donors (Lipinski definition) is 7. The number of nitrogens with one attached hydrogen (secondary N) is 3. The summed E-state index contributed by atoms with van der Waals surface area (Å²) in [5, 5.41) is 17.0. The number of aliphatic hydroxyl groups is 1. The molecule has 1 aromatic rings. The first-order valence-electron chi connectivity index (χ1n) is 9.71. The highest BCUT2D eigenvalue weighted by Gasteiger charge is 2.79. The lowest BCUT2D eigenvalue weighted by molar-refractivity contribution is -0.0124. The average molecular weight is 499 g/mol. The third-order valence-electron chi connectivity index (χ3n) is 7.56. The molecule has 8 atom stereocenters. The lowest BCUT2D eigenvalue weighted by Crippen LogP contribution is -2.73. The van der Waals surface area contributed by atoms with Crippen LogP contribution in [0.25, 0.3) is 0 Å². The molecule has 0 bridgehead atoms. The van der Waals surface area contributed by atoms with Gasteiger partial charge in [-0.2, -0.15) is 0 Å². The van der Waals surface area contributed by atoms with E-state index in [2.05, 4.69) is 41.5 Å². The highest BCUT2D eigenvalue weighted by Crippen LogP contribution is 2.64. The van der Waals surface area contributed by atoms with Crippen molar-refractivity contribution in [2.24, 2.45) is 44.9 Å². The molecule has 1 aromatic heterocycles. The Labute approximate surface area is 184 Å². The van der Waals surface area contributed by atoms with Gasteiger partial charge in [0.25, 0.3) is 5.91 Å². The molecule has 5 aliphatic rings. The number of aromatic nitrogens is 1. The van der Waals surface area contributed by atoms with Crippen LogP contribution in [0.4, 0.5) is 0 Å². The smallest absolute Gasteiger partial charge is 0.272 e. The Balaban J connectivity index is 1.61. The lowest BCUT2D eigenvalue weighted by Gasteiger charge is -2.51. The number of aliphatic hydroxyl groups excluding tert-OH is 1. The molecule has 30 heavy (non-hydrogen) atoms. The second kappa shape index (κ2) is 5.61. The van der Waals surface area contributed by atoms with E-state index in [0.29, 0.717) is 18.8 Å². The summed E-state index contributed by atoms with van der Waals surface area (Å²) >= 11 is 10.5. The number of carbonyl (C=O) groups excluding carboxylic acids is 1. The second-order valence-electron chi connectivity index (χ2n) is 8.60. The molecule has 6 rings (SSSR count). The normalized spacial score (nSPS) is 45.5. The topological polar surface area (TPSA) is 183 Å². The van der Waals surface area contributed by atoms with Crippen molar-refractivity contribution in [2.45, 2.75) is 28.8 Å². The van der Waals surface area contributed by atoms with Gasteiger partial charge in [-0.3, -0.25) is 4.79 Å². The summed E-state index contributed by atoms with van der Waals surface area (Å²) in [6.45, 7) is 0.687. The lowest BCUT2D eigenvalue weighted by atomic mass is 9.70. The highest BCUT2D eigenvalue weighted by molar-refractivity contribution is 9.10. The van der Waals surface area contributed by atoms with Crippen LogP contribution in [-0.2, 0) is 0 Å². The van der Waals surface area contributed by atoms with Crippen LogP contribution in [-0.4, -0.2) is 68.7 Å². The molecule has 0 radical (unpaired) electrons. The third kappa shape index (κ3) is 1.80. The van der Waals surface area contributed by atoms with Gasteiger partial charge >= 0.3 is 0 Å². The average Bonchev–Trinajstić information content (AvgIpc) is 3.43. The molecular weight excluding hydrogens is 478 g/mol. The monoisotopic (exact) mass is 497 g/mol. The van der Waals surface area contributed by atoms with Crippen molar-refractivity contribution in [3.63, 3.8) is 0 Å². The molecule has 1 saturated carbocycles. The first-order valence-corrected chi connectivity index (χ1v) is 10.9. The van der Waals surface area contributed by atoms with Gasteiger partial charge in [-0.25, -0.2) is 9.98 Å². The van der Waals surface area contributed by atoms with Crippen LogP contribution in [0.1, 0.15) is 22.1 Å². The summed E-state index contributed by atoms with van der Waals surface area (Å²) in [5.74, 6) is -0.555. The van der Waals surface area contributed by atoms with Crippen LogP contribution < -0.4 is 27.8 Å². The van der Waals surface area contributed by atoms with Crippen LogP contribution >= 0.6 is 27.5 Å². The van der Waals surface area contributed by atoms with Crippen LogP contribution in [0.15, 0.2) is 20.7 Å². The van der Waals surface area contributed by atoms with Crippen molar-refractivity contribution in [3.05, 3.63) is 21.9 Å². The van der Waals surface area contributed by atoms with E-state index in [9.17, 15) is 9.90 Å². The number of guanidine groups is 2. The van der Waals surface area contributed by atoms with Gasteiger partial charge < -0.3 is 42.8 Å². The summed E-state index contributed by atoms with van der Waals surface area (Å²) in [7, 11) is 0.